The van der Waals surface area contributed by atoms with Crippen molar-refractivity contribution < 1.29 is 9.90 Å². The van der Waals surface area contributed by atoms with Crippen LogP contribution < -0.4 is 0 Å². The number of piperidine rings is 1. The monoisotopic (exact) mass is 253 g/mol. The lowest BCUT2D eigenvalue weighted by atomic mass is 10.00. The van der Waals surface area contributed by atoms with Crippen LogP contribution >= 0.6 is 11.5 Å². The average Bonchev–Trinajstić information content (AvgIpc) is 2.81. The van der Waals surface area contributed by atoms with Gasteiger partial charge in [-0.15, -0.1) is 0 Å². The Bertz CT molecular complexity index is 434. The number of nitrogens with zero attached hydrogens (tertiary/aromatic N) is 3. The minimum Gasteiger partial charge on any atom is -0.393 e. The summed E-state index contributed by atoms with van der Waals surface area (Å²) in [7, 11) is 0. The van der Waals surface area contributed by atoms with Crippen LogP contribution in [0.1, 0.15) is 41.3 Å². The Balaban J connectivity index is 1.83. The molecular weight excluding hydrogens is 238 g/mol. The molecule has 92 valence electrons. The summed E-state index contributed by atoms with van der Waals surface area (Å²) in [5.41, 5.74) is 0. The van der Waals surface area contributed by atoms with Crippen LogP contribution in [0.4, 0.5) is 0 Å². The summed E-state index contributed by atoms with van der Waals surface area (Å²) in [5, 5.41) is 10.2. The SMILES string of the molecule is Cc1nsc(C(=O)N2[C@@H]3CC[C@@H]2CC(O)C3)n1. The molecule has 2 aliphatic heterocycles. The molecule has 2 aliphatic rings. The Kier molecular flexibility index (Phi) is 2.63. The summed E-state index contributed by atoms with van der Waals surface area (Å²) in [4.78, 5) is 18.4. The van der Waals surface area contributed by atoms with Crippen molar-refractivity contribution in [3.63, 3.8) is 0 Å². The molecule has 0 unspecified atom stereocenters. The number of carbonyl (C=O) groups is 1. The zero-order valence-corrected chi connectivity index (χ0v) is 10.5. The third-order valence-electron chi connectivity index (χ3n) is 3.65. The van der Waals surface area contributed by atoms with Crippen molar-refractivity contribution in [2.24, 2.45) is 0 Å². The van der Waals surface area contributed by atoms with E-state index in [9.17, 15) is 9.90 Å². The summed E-state index contributed by atoms with van der Waals surface area (Å²) < 4.78 is 4.05. The predicted molar refractivity (Wildman–Crippen MR) is 62.9 cm³/mol. The second kappa shape index (κ2) is 4.03. The number of carbonyl (C=O) groups excluding carboxylic acids is 1. The molecule has 0 saturated carbocycles. The third-order valence-corrected chi connectivity index (χ3v) is 4.45. The molecule has 1 aromatic heterocycles. The number of hydrogen-bond donors (Lipinski definition) is 1. The van der Waals surface area contributed by atoms with Gasteiger partial charge in [0.05, 0.1) is 6.10 Å². The Morgan fingerprint density at radius 2 is 2.06 bits per heavy atom. The van der Waals surface area contributed by atoms with Gasteiger partial charge in [0.1, 0.15) is 5.82 Å². The first kappa shape index (κ1) is 11.1. The standard InChI is InChI=1S/C11H15N3O2S/c1-6-12-10(17-13-6)11(16)14-7-2-3-8(14)5-9(15)4-7/h7-9,15H,2-5H2,1H3/t7-,8-/m1/s1. The van der Waals surface area contributed by atoms with Gasteiger partial charge in [0.25, 0.3) is 5.91 Å². The van der Waals surface area contributed by atoms with Crippen LogP contribution in [-0.2, 0) is 0 Å². The summed E-state index contributed by atoms with van der Waals surface area (Å²) in [6.07, 6.45) is 3.18. The Morgan fingerprint density at radius 1 is 1.41 bits per heavy atom. The van der Waals surface area contributed by atoms with E-state index in [1.807, 2.05) is 4.90 Å². The van der Waals surface area contributed by atoms with Gasteiger partial charge in [-0.1, -0.05) is 0 Å². The van der Waals surface area contributed by atoms with E-state index in [2.05, 4.69) is 9.36 Å². The van der Waals surface area contributed by atoms with E-state index in [0.717, 1.165) is 12.8 Å². The van der Waals surface area contributed by atoms with Gasteiger partial charge in [0.15, 0.2) is 0 Å². The van der Waals surface area contributed by atoms with E-state index < -0.39 is 0 Å². The lowest BCUT2D eigenvalue weighted by molar-refractivity contribution is 0.0286. The largest absolute Gasteiger partial charge is 0.393 e. The summed E-state index contributed by atoms with van der Waals surface area (Å²) >= 11 is 1.17. The number of aromatic nitrogens is 2. The van der Waals surface area contributed by atoms with Crippen molar-refractivity contribution in [3.8, 4) is 0 Å². The molecule has 0 radical (unpaired) electrons. The first-order chi connectivity index (χ1) is 8.15. The van der Waals surface area contributed by atoms with Crippen molar-refractivity contribution in [1.82, 2.24) is 14.3 Å². The van der Waals surface area contributed by atoms with Crippen LogP contribution in [0, 0.1) is 6.92 Å². The number of rotatable bonds is 1. The molecule has 2 bridgehead atoms. The van der Waals surface area contributed by atoms with Gasteiger partial charge in [0.2, 0.25) is 5.01 Å². The molecular formula is C11H15N3O2S. The molecule has 2 fully saturated rings. The van der Waals surface area contributed by atoms with E-state index >= 15 is 0 Å². The smallest absolute Gasteiger partial charge is 0.284 e. The zero-order chi connectivity index (χ0) is 12.0. The molecule has 1 amide bonds. The normalized spacial score (nSPS) is 31.9. The lowest BCUT2D eigenvalue weighted by Gasteiger charge is -2.36. The van der Waals surface area contributed by atoms with Crippen LogP contribution in [0.5, 0.6) is 0 Å². The average molecular weight is 253 g/mol. The molecule has 2 atom stereocenters. The number of fused-ring (bicyclic) bond motifs is 2. The highest BCUT2D eigenvalue weighted by Gasteiger charge is 2.43. The molecule has 0 aromatic carbocycles. The van der Waals surface area contributed by atoms with Gasteiger partial charge >= 0.3 is 0 Å². The molecule has 2 saturated heterocycles. The topological polar surface area (TPSA) is 66.3 Å². The number of aliphatic hydroxyl groups excluding tert-OH is 1. The first-order valence-electron chi connectivity index (χ1n) is 5.96. The van der Waals surface area contributed by atoms with E-state index in [0.29, 0.717) is 23.7 Å². The van der Waals surface area contributed by atoms with Crippen LogP contribution in [0.3, 0.4) is 0 Å². The molecule has 1 aromatic rings. The van der Waals surface area contributed by atoms with E-state index in [-0.39, 0.29) is 24.1 Å². The predicted octanol–water partition coefficient (Wildman–Crippen LogP) is 0.974. The number of aryl methyl sites for hydroxylation is 1. The van der Waals surface area contributed by atoms with Gasteiger partial charge in [0, 0.05) is 12.1 Å². The van der Waals surface area contributed by atoms with Crippen molar-refractivity contribution in [2.75, 3.05) is 0 Å². The third kappa shape index (κ3) is 1.85. The van der Waals surface area contributed by atoms with Gasteiger partial charge in [-0.2, -0.15) is 4.37 Å². The molecule has 3 heterocycles. The van der Waals surface area contributed by atoms with Crippen molar-refractivity contribution in [2.45, 2.75) is 50.8 Å². The summed E-state index contributed by atoms with van der Waals surface area (Å²) in [6.45, 7) is 1.79. The second-order valence-electron chi connectivity index (χ2n) is 4.87. The molecule has 5 nitrogen and oxygen atoms in total. The van der Waals surface area contributed by atoms with E-state index in [1.165, 1.54) is 11.5 Å². The molecule has 0 spiro atoms. The molecule has 0 aliphatic carbocycles. The van der Waals surface area contributed by atoms with Crippen LogP contribution in [-0.4, -0.2) is 43.5 Å². The van der Waals surface area contributed by atoms with Crippen molar-refractivity contribution in [3.05, 3.63) is 10.8 Å². The molecule has 6 heteroatoms. The minimum atomic E-state index is -0.243. The van der Waals surface area contributed by atoms with Crippen LogP contribution in [0.25, 0.3) is 0 Å². The number of hydrogen-bond acceptors (Lipinski definition) is 5. The Morgan fingerprint density at radius 3 is 2.59 bits per heavy atom. The zero-order valence-electron chi connectivity index (χ0n) is 9.67. The van der Waals surface area contributed by atoms with Crippen LogP contribution in [0.2, 0.25) is 0 Å². The fraction of sp³-hybridized carbons (Fsp3) is 0.727. The lowest BCUT2D eigenvalue weighted by Crippen LogP contribution is -2.48. The maximum Gasteiger partial charge on any atom is 0.284 e. The van der Waals surface area contributed by atoms with Gasteiger partial charge in [-0.05, 0) is 44.1 Å². The highest BCUT2D eigenvalue weighted by atomic mass is 32.1. The van der Waals surface area contributed by atoms with Gasteiger partial charge in [-0.25, -0.2) is 4.98 Å². The van der Waals surface area contributed by atoms with Gasteiger partial charge < -0.3 is 10.0 Å². The second-order valence-corrected chi connectivity index (χ2v) is 5.62. The van der Waals surface area contributed by atoms with Crippen molar-refractivity contribution in [1.29, 1.82) is 0 Å². The minimum absolute atomic E-state index is 0.00463. The quantitative estimate of drug-likeness (QED) is 0.810. The highest BCUT2D eigenvalue weighted by molar-refractivity contribution is 7.07. The Labute approximate surface area is 104 Å². The molecule has 3 rings (SSSR count). The maximum absolute atomic E-state index is 12.3. The number of aliphatic hydroxyl groups is 1. The fourth-order valence-corrected chi connectivity index (χ4v) is 3.59. The van der Waals surface area contributed by atoms with E-state index in [1.54, 1.807) is 6.92 Å². The van der Waals surface area contributed by atoms with Crippen molar-refractivity contribution >= 4 is 17.4 Å². The van der Waals surface area contributed by atoms with Gasteiger partial charge in [-0.3, -0.25) is 4.79 Å². The molecule has 1 N–H and O–H groups in total. The summed E-state index contributed by atoms with van der Waals surface area (Å²) in [5.74, 6) is 0.651. The number of amides is 1. The Hall–Kier alpha value is -1.01. The fourth-order valence-electron chi connectivity index (χ4n) is 2.97. The highest BCUT2D eigenvalue weighted by Crippen LogP contribution is 2.36. The maximum atomic E-state index is 12.3. The van der Waals surface area contributed by atoms with E-state index in [4.69, 9.17) is 0 Å². The molecule has 17 heavy (non-hydrogen) atoms. The first-order valence-corrected chi connectivity index (χ1v) is 6.73. The van der Waals surface area contributed by atoms with Crippen LogP contribution in [0.15, 0.2) is 0 Å². The summed E-state index contributed by atoms with van der Waals surface area (Å²) in [6, 6.07) is 0.390.